The van der Waals surface area contributed by atoms with Gasteiger partial charge in [-0.15, -0.1) is 0 Å². The number of nitrogens with two attached hydrogens (primary N) is 1. The third kappa shape index (κ3) is 2.43. The number of nitrogen functional groups attached to an aromatic ring is 1. The topological polar surface area (TPSA) is 87.3 Å². The summed E-state index contributed by atoms with van der Waals surface area (Å²) in [4.78, 5) is 19.7. The molecular formula is C12H19N3O3. The van der Waals surface area contributed by atoms with E-state index in [0.29, 0.717) is 5.82 Å². The lowest BCUT2D eigenvalue weighted by Crippen LogP contribution is -2.30. The molecule has 0 bridgehead atoms. The standard InChI is InChI=1S/C12H19N3O3/c1-5-12(6-2,18-4)11-14-7-8(9(13)15-11)10(16)17-3/h7H,5-6H2,1-4H3,(H2,13,14,15). The van der Waals surface area contributed by atoms with Crippen molar-refractivity contribution in [3.8, 4) is 0 Å². The molecule has 0 spiro atoms. The van der Waals surface area contributed by atoms with Crippen LogP contribution >= 0.6 is 0 Å². The normalized spacial score (nSPS) is 11.3. The van der Waals surface area contributed by atoms with Crippen LogP contribution in [0.25, 0.3) is 0 Å². The van der Waals surface area contributed by atoms with Gasteiger partial charge in [0.25, 0.3) is 0 Å². The van der Waals surface area contributed by atoms with E-state index in [4.69, 9.17) is 10.5 Å². The fraction of sp³-hybridized carbons (Fsp3) is 0.583. The van der Waals surface area contributed by atoms with Gasteiger partial charge in [-0.2, -0.15) is 0 Å². The van der Waals surface area contributed by atoms with Crippen molar-refractivity contribution in [1.29, 1.82) is 0 Å². The van der Waals surface area contributed by atoms with Gasteiger partial charge in [-0.3, -0.25) is 0 Å². The maximum Gasteiger partial charge on any atom is 0.343 e. The number of hydrogen-bond acceptors (Lipinski definition) is 6. The second kappa shape index (κ2) is 5.77. The zero-order valence-corrected chi connectivity index (χ0v) is 11.2. The number of nitrogens with zero attached hydrogens (tertiary/aromatic N) is 2. The third-order valence-corrected chi connectivity index (χ3v) is 3.16. The maximum atomic E-state index is 11.4. The van der Waals surface area contributed by atoms with Gasteiger partial charge in [-0.1, -0.05) is 13.8 Å². The lowest BCUT2D eigenvalue weighted by Gasteiger charge is -2.28. The van der Waals surface area contributed by atoms with Crippen LogP contribution in [-0.4, -0.2) is 30.2 Å². The predicted molar refractivity (Wildman–Crippen MR) is 67.1 cm³/mol. The Kier molecular flexibility index (Phi) is 4.61. The molecule has 0 aliphatic heterocycles. The van der Waals surface area contributed by atoms with Gasteiger partial charge in [0.15, 0.2) is 5.82 Å². The van der Waals surface area contributed by atoms with Crippen molar-refractivity contribution in [2.24, 2.45) is 0 Å². The molecule has 6 nitrogen and oxygen atoms in total. The summed E-state index contributed by atoms with van der Waals surface area (Å²) < 4.78 is 10.1. The maximum absolute atomic E-state index is 11.4. The molecule has 1 rings (SSSR count). The molecule has 0 saturated carbocycles. The molecule has 0 aliphatic rings. The smallest absolute Gasteiger partial charge is 0.343 e. The number of aromatic nitrogens is 2. The third-order valence-electron chi connectivity index (χ3n) is 3.16. The molecule has 0 aliphatic carbocycles. The Morgan fingerprint density at radius 2 is 2.00 bits per heavy atom. The van der Waals surface area contributed by atoms with Crippen molar-refractivity contribution in [3.63, 3.8) is 0 Å². The van der Waals surface area contributed by atoms with Crippen LogP contribution < -0.4 is 5.73 Å². The van der Waals surface area contributed by atoms with Crippen LogP contribution in [0.3, 0.4) is 0 Å². The van der Waals surface area contributed by atoms with Crippen molar-refractivity contribution >= 4 is 11.8 Å². The van der Waals surface area contributed by atoms with E-state index in [1.54, 1.807) is 7.11 Å². The highest BCUT2D eigenvalue weighted by Gasteiger charge is 2.32. The molecule has 0 aromatic carbocycles. The van der Waals surface area contributed by atoms with Gasteiger partial charge >= 0.3 is 5.97 Å². The Morgan fingerprint density at radius 1 is 1.39 bits per heavy atom. The van der Waals surface area contributed by atoms with Crippen LogP contribution in [0.2, 0.25) is 0 Å². The van der Waals surface area contributed by atoms with Crippen LogP contribution in [0.1, 0.15) is 42.9 Å². The number of rotatable bonds is 5. The Balaban J connectivity index is 3.21. The molecule has 1 aromatic rings. The molecule has 2 N–H and O–H groups in total. The van der Waals surface area contributed by atoms with E-state index in [9.17, 15) is 4.79 Å². The molecule has 100 valence electrons. The van der Waals surface area contributed by atoms with Gasteiger partial charge in [0.2, 0.25) is 0 Å². The first-order valence-electron chi connectivity index (χ1n) is 5.81. The van der Waals surface area contributed by atoms with Crippen LogP contribution in [0.5, 0.6) is 0 Å². The fourth-order valence-corrected chi connectivity index (χ4v) is 1.83. The van der Waals surface area contributed by atoms with Crippen molar-refractivity contribution < 1.29 is 14.3 Å². The number of anilines is 1. The largest absolute Gasteiger partial charge is 0.465 e. The molecule has 0 fully saturated rings. The Bertz CT molecular complexity index is 422. The number of esters is 1. The molecule has 0 atom stereocenters. The summed E-state index contributed by atoms with van der Waals surface area (Å²) in [6.07, 6.45) is 2.82. The zero-order valence-electron chi connectivity index (χ0n) is 11.2. The molecule has 6 heteroatoms. The van der Waals surface area contributed by atoms with Gasteiger partial charge in [-0.25, -0.2) is 14.8 Å². The first-order chi connectivity index (χ1) is 8.54. The summed E-state index contributed by atoms with van der Waals surface area (Å²) in [7, 11) is 2.90. The lowest BCUT2D eigenvalue weighted by atomic mass is 9.96. The quantitative estimate of drug-likeness (QED) is 0.800. The molecule has 0 saturated heterocycles. The monoisotopic (exact) mass is 253 g/mol. The van der Waals surface area contributed by atoms with E-state index in [-0.39, 0.29) is 11.4 Å². The second-order valence-electron chi connectivity index (χ2n) is 3.89. The predicted octanol–water partition coefficient (Wildman–Crippen LogP) is 1.51. The van der Waals surface area contributed by atoms with E-state index in [2.05, 4.69) is 14.7 Å². The minimum atomic E-state index is -0.567. The number of carbonyl (C=O) groups is 1. The van der Waals surface area contributed by atoms with Gasteiger partial charge in [-0.05, 0) is 12.8 Å². The lowest BCUT2D eigenvalue weighted by molar-refractivity contribution is -0.0290. The molecular weight excluding hydrogens is 234 g/mol. The summed E-state index contributed by atoms with van der Waals surface area (Å²) in [5, 5.41) is 0. The Hall–Kier alpha value is -1.69. The first kappa shape index (κ1) is 14.4. The molecule has 0 unspecified atom stereocenters. The van der Waals surface area contributed by atoms with Crippen LogP contribution in [-0.2, 0) is 15.1 Å². The molecule has 0 amide bonds. The van der Waals surface area contributed by atoms with Crippen LogP contribution in [0, 0.1) is 0 Å². The van der Waals surface area contributed by atoms with Crippen molar-refractivity contribution in [3.05, 3.63) is 17.6 Å². The van der Waals surface area contributed by atoms with E-state index >= 15 is 0 Å². The first-order valence-corrected chi connectivity index (χ1v) is 5.81. The van der Waals surface area contributed by atoms with E-state index in [1.807, 2.05) is 13.8 Å². The van der Waals surface area contributed by atoms with Gasteiger partial charge in [0.05, 0.1) is 7.11 Å². The number of hydrogen-bond donors (Lipinski definition) is 1. The number of carbonyl (C=O) groups excluding carboxylic acids is 1. The highest BCUT2D eigenvalue weighted by atomic mass is 16.5. The number of ether oxygens (including phenoxy) is 2. The van der Waals surface area contributed by atoms with Crippen molar-refractivity contribution in [1.82, 2.24) is 9.97 Å². The minimum absolute atomic E-state index is 0.107. The SMILES string of the molecule is CCC(CC)(OC)c1ncc(C(=O)OC)c(N)n1. The summed E-state index contributed by atoms with van der Waals surface area (Å²) in [6.45, 7) is 3.97. The fourth-order valence-electron chi connectivity index (χ4n) is 1.83. The van der Waals surface area contributed by atoms with Gasteiger partial charge in [0, 0.05) is 13.3 Å². The van der Waals surface area contributed by atoms with Gasteiger partial charge in [0.1, 0.15) is 17.0 Å². The Labute approximate surface area is 107 Å². The molecule has 1 aromatic heterocycles. The zero-order chi connectivity index (χ0) is 13.8. The summed E-state index contributed by atoms with van der Waals surface area (Å²) in [5.74, 6) is 0.0467. The number of methoxy groups -OCH3 is 2. The molecule has 18 heavy (non-hydrogen) atoms. The summed E-state index contributed by atoms with van der Waals surface area (Å²) >= 11 is 0. The van der Waals surface area contributed by atoms with E-state index in [1.165, 1.54) is 13.3 Å². The van der Waals surface area contributed by atoms with E-state index < -0.39 is 11.6 Å². The molecule has 0 radical (unpaired) electrons. The van der Waals surface area contributed by atoms with Crippen LogP contribution in [0.4, 0.5) is 5.82 Å². The highest BCUT2D eigenvalue weighted by molar-refractivity contribution is 5.93. The van der Waals surface area contributed by atoms with E-state index in [0.717, 1.165) is 12.8 Å². The average Bonchev–Trinajstić information content (AvgIpc) is 2.41. The summed E-state index contributed by atoms with van der Waals surface area (Å²) in [5.41, 5.74) is 5.35. The van der Waals surface area contributed by atoms with Crippen molar-refractivity contribution in [2.75, 3.05) is 20.0 Å². The molecule has 1 heterocycles. The average molecular weight is 253 g/mol. The van der Waals surface area contributed by atoms with Crippen LogP contribution in [0.15, 0.2) is 6.20 Å². The second-order valence-corrected chi connectivity index (χ2v) is 3.89. The highest BCUT2D eigenvalue weighted by Crippen LogP contribution is 2.30. The van der Waals surface area contributed by atoms with Crippen molar-refractivity contribution in [2.45, 2.75) is 32.3 Å². The Morgan fingerprint density at radius 3 is 2.39 bits per heavy atom. The summed E-state index contributed by atoms with van der Waals surface area (Å²) in [6, 6.07) is 0. The van der Waals surface area contributed by atoms with Gasteiger partial charge < -0.3 is 15.2 Å². The minimum Gasteiger partial charge on any atom is -0.465 e.